The van der Waals surface area contributed by atoms with Gasteiger partial charge in [-0.3, -0.25) is 0 Å². The summed E-state index contributed by atoms with van der Waals surface area (Å²) in [7, 11) is 0. The summed E-state index contributed by atoms with van der Waals surface area (Å²) in [6, 6.07) is 8.00. The highest BCUT2D eigenvalue weighted by Crippen LogP contribution is 2.12. The fraction of sp³-hybridized carbons (Fsp3) is 0.182. The number of nitrogens with zero attached hydrogens (tertiary/aromatic N) is 1. The van der Waals surface area contributed by atoms with Gasteiger partial charge in [-0.15, -0.1) is 0 Å². The fourth-order valence-corrected chi connectivity index (χ4v) is 1.49. The number of anilines is 1. The van der Waals surface area contributed by atoms with Gasteiger partial charge in [-0.1, -0.05) is 23.7 Å². The number of hydrogen-bond donors (Lipinski definition) is 1. The van der Waals surface area contributed by atoms with Gasteiger partial charge in [0.05, 0.1) is 5.69 Å². The molecule has 2 aromatic rings. The molecular formula is C11H11ClN2O. The van der Waals surface area contributed by atoms with Gasteiger partial charge < -0.3 is 10.2 Å². The molecule has 0 aliphatic rings. The molecule has 15 heavy (non-hydrogen) atoms. The van der Waals surface area contributed by atoms with Crippen molar-refractivity contribution in [2.75, 3.05) is 5.73 Å². The van der Waals surface area contributed by atoms with Crippen LogP contribution in [0.15, 0.2) is 34.9 Å². The zero-order valence-electron chi connectivity index (χ0n) is 8.11. The Labute approximate surface area is 92.9 Å². The van der Waals surface area contributed by atoms with Gasteiger partial charge in [0.2, 0.25) is 0 Å². The summed E-state index contributed by atoms with van der Waals surface area (Å²) in [6.07, 6.45) is 3.32. The summed E-state index contributed by atoms with van der Waals surface area (Å²) in [5.41, 5.74) is 7.47. The average Bonchev–Trinajstić information content (AvgIpc) is 2.64. The minimum Gasteiger partial charge on any atom is -0.432 e. The summed E-state index contributed by atoms with van der Waals surface area (Å²) in [5.74, 6) is 0. The first-order valence-electron chi connectivity index (χ1n) is 4.68. The maximum atomic E-state index is 5.79. The van der Waals surface area contributed by atoms with E-state index in [1.807, 2.05) is 24.3 Å². The Morgan fingerprint density at radius 2 is 1.93 bits per heavy atom. The molecule has 4 heteroatoms. The van der Waals surface area contributed by atoms with Crippen molar-refractivity contribution in [3.05, 3.63) is 46.8 Å². The molecule has 0 fully saturated rings. The number of rotatable bonds is 3. The van der Waals surface area contributed by atoms with Crippen molar-refractivity contribution in [3.63, 3.8) is 0 Å². The highest BCUT2D eigenvalue weighted by atomic mass is 35.5. The van der Waals surface area contributed by atoms with E-state index in [0.29, 0.717) is 0 Å². The van der Waals surface area contributed by atoms with E-state index in [1.54, 1.807) is 6.26 Å². The summed E-state index contributed by atoms with van der Waals surface area (Å²) >= 11 is 5.79. The molecule has 0 aliphatic carbocycles. The molecule has 2 rings (SSSR count). The van der Waals surface area contributed by atoms with Crippen molar-refractivity contribution in [1.29, 1.82) is 0 Å². The number of benzene rings is 1. The predicted octanol–water partition coefficient (Wildman–Crippen LogP) is 2.70. The molecule has 0 amide bonds. The van der Waals surface area contributed by atoms with E-state index in [2.05, 4.69) is 4.98 Å². The molecule has 0 spiro atoms. The maximum Gasteiger partial charge on any atom is 0.292 e. The van der Waals surface area contributed by atoms with Crippen LogP contribution in [0.25, 0.3) is 0 Å². The Balaban J connectivity index is 1.96. The molecule has 3 nitrogen and oxygen atoms in total. The minimum absolute atomic E-state index is 0.223. The normalized spacial score (nSPS) is 10.5. The molecule has 0 saturated heterocycles. The van der Waals surface area contributed by atoms with E-state index in [-0.39, 0.29) is 6.01 Å². The highest BCUT2D eigenvalue weighted by molar-refractivity contribution is 6.30. The Bertz CT molecular complexity index is 436. The largest absolute Gasteiger partial charge is 0.432 e. The van der Waals surface area contributed by atoms with Crippen LogP contribution in [0.2, 0.25) is 5.02 Å². The fourth-order valence-electron chi connectivity index (χ4n) is 1.36. The predicted molar refractivity (Wildman–Crippen MR) is 59.8 cm³/mol. The van der Waals surface area contributed by atoms with Crippen LogP contribution in [0.3, 0.4) is 0 Å². The van der Waals surface area contributed by atoms with E-state index in [1.165, 1.54) is 5.56 Å². The molecule has 1 aromatic heterocycles. The molecule has 0 radical (unpaired) electrons. The molecule has 0 bridgehead atoms. The van der Waals surface area contributed by atoms with Crippen molar-refractivity contribution < 1.29 is 4.42 Å². The Morgan fingerprint density at radius 1 is 1.20 bits per heavy atom. The van der Waals surface area contributed by atoms with Crippen molar-refractivity contribution in [1.82, 2.24) is 4.98 Å². The van der Waals surface area contributed by atoms with Crippen molar-refractivity contribution >= 4 is 17.6 Å². The third kappa shape index (κ3) is 2.73. The second-order valence-corrected chi connectivity index (χ2v) is 3.74. The monoisotopic (exact) mass is 222 g/mol. The lowest BCUT2D eigenvalue weighted by Crippen LogP contribution is -1.92. The van der Waals surface area contributed by atoms with Crippen LogP contribution >= 0.6 is 11.6 Å². The van der Waals surface area contributed by atoms with E-state index >= 15 is 0 Å². The molecular weight excluding hydrogens is 212 g/mol. The number of halogens is 1. The quantitative estimate of drug-likeness (QED) is 0.869. The Hall–Kier alpha value is -1.48. The topological polar surface area (TPSA) is 52.0 Å². The molecule has 0 aliphatic heterocycles. The second kappa shape index (κ2) is 4.36. The highest BCUT2D eigenvalue weighted by Gasteiger charge is 2.00. The van der Waals surface area contributed by atoms with Gasteiger partial charge in [0.25, 0.3) is 6.01 Å². The molecule has 1 aromatic carbocycles. The number of hydrogen-bond acceptors (Lipinski definition) is 3. The van der Waals surface area contributed by atoms with Gasteiger partial charge in [0.1, 0.15) is 6.26 Å². The van der Waals surface area contributed by atoms with E-state index in [0.717, 1.165) is 23.6 Å². The SMILES string of the molecule is Nc1nc(CCc2ccc(Cl)cc2)co1. The first-order chi connectivity index (χ1) is 7.24. The standard InChI is InChI=1S/C11H11ClN2O/c12-9-4-1-8(2-5-9)3-6-10-7-15-11(13)14-10/h1-2,4-5,7H,3,6H2,(H2,13,14). The van der Waals surface area contributed by atoms with E-state index in [4.69, 9.17) is 21.8 Å². The van der Waals surface area contributed by atoms with Crippen LogP contribution < -0.4 is 5.73 Å². The zero-order chi connectivity index (χ0) is 10.7. The van der Waals surface area contributed by atoms with E-state index < -0.39 is 0 Å². The Morgan fingerprint density at radius 3 is 2.53 bits per heavy atom. The van der Waals surface area contributed by atoms with Gasteiger partial charge in [-0.2, -0.15) is 4.98 Å². The maximum absolute atomic E-state index is 5.79. The van der Waals surface area contributed by atoms with Gasteiger partial charge in [-0.25, -0.2) is 0 Å². The average molecular weight is 223 g/mol. The summed E-state index contributed by atoms with van der Waals surface area (Å²) in [6.45, 7) is 0. The van der Waals surface area contributed by atoms with E-state index in [9.17, 15) is 0 Å². The number of aryl methyl sites for hydroxylation is 2. The lowest BCUT2D eigenvalue weighted by molar-refractivity contribution is 0.578. The molecule has 0 saturated carbocycles. The van der Waals surface area contributed by atoms with Gasteiger partial charge in [0, 0.05) is 5.02 Å². The lowest BCUT2D eigenvalue weighted by Gasteiger charge is -1.98. The summed E-state index contributed by atoms with van der Waals surface area (Å²) < 4.78 is 4.92. The zero-order valence-corrected chi connectivity index (χ0v) is 8.87. The lowest BCUT2D eigenvalue weighted by atomic mass is 10.1. The van der Waals surface area contributed by atoms with Crippen molar-refractivity contribution in [3.8, 4) is 0 Å². The van der Waals surface area contributed by atoms with Gasteiger partial charge >= 0.3 is 0 Å². The number of nitrogens with two attached hydrogens (primary N) is 1. The number of nitrogen functional groups attached to an aromatic ring is 1. The summed E-state index contributed by atoms with van der Waals surface area (Å²) in [5, 5.41) is 0.754. The molecule has 78 valence electrons. The first-order valence-corrected chi connectivity index (χ1v) is 5.06. The van der Waals surface area contributed by atoms with Crippen LogP contribution in [0.5, 0.6) is 0 Å². The Kier molecular flexibility index (Phi) is 2.92. The van der Waals surface area contributed by atoms with Crippen LogP contribution in [-0.2, 0) is 12.8 Å². The van der Waals surface area contributed by atoms with Gasteiger partial charge in [-0.05, 0) is 30.5 Å². The smallest absolute Gasteiger partial charge is 0.292 e. The second-order valence-electron chi connectivity index (χ2n) is 3.30. The van der Waals surface area contributed by atoms with Crippen molar-refractivity contribution in [2.24, 2.45) is 0 Å². The van der Waals surface area contributed by atoms with Gasteiger partial charge in [0.15, 0.2) is 0 Å². The third-order valence-electron chi connectivity index (χ3n) is 2.15. The molecule has 0 unspecified atom stereocenters. The van der Waals surface area contributed by atoms with Crippen LogP contribution in [-0.4, -0.2) is 4.98 Å². The summed E-state index contributed by atoms with van der Waals surface area (Å²) in [4.78, 5) is 4.03. The van der Waals surface area contributed by atoms with Crippen LogP contribution in [0.4, 0.5) is 6.01 Å². The molecule has 2 N–H and O–H groups in total. The third-order valence-corrected chi connectivity index (χ3v) is 2.40. The van der Waals surface area contributed by atoms with Crippen LogP contribution in [0.1, 0.15) is 11.3 Å². The number of oxazole rings is 1. The molecule has 1 heterocycles. The van der Waals surface area contributed by atoms with Crippen LogP contribution in [0, 0.1) is 0 Å². The minimum atomic E-state index is 0.223. The first kappa shape index (κ1) is 10.1. The van der Waals surface area contributed by atoms with Crippen molar-refractivity contribution in [2.45, 2.75) is 12.8 Å². The number of aromatic nitrogens is 1. The molecule has 0 atom stereocenters.